The van der Waals surface area contributed by atoms with Gasteiger partial charge in [0.2, 0.25) is 5.95 Å². The van der Waals surface area contributed by atoms with Crippen LogP contribution in [-0.4, -0.2) is 9.78 Å². The minimum atomic E-state index is -0.413. The summed E-state index contributed by atoms with van der Waals surface area (Å²) in [4.78, 5) is 0. The van der Waals surface area contributed by atoms with Crippen LogP contribution in [0.5, 0.6) is 0 Å². The van der Waals surface area contributed by atoms with Crippen LogP contribution in [0.15, 0.2) is 6.07 Å². The Morgan fingerprint density at radius 1 is 1.55 bits per heavy atom. The van der Waals surface area contributed by atoms with Crippen LogP contribution < -0.4 is 0 Å². The molecule has 1 aromatic rings. The van der Waals surface area contributed by atoms with E-state index >= 15 is 0 Å². The molecule has 11 heavy (non-hydrogen) atoms. The standard InChI is InChI=1S/C7H10FIN2/c1-7(2,3)11-6(9)4-5(8)10-11/h4H,1-3H3. The first-order valence-electron chi connectivity index (χ1n) is 3.33. The molecule has 0 bridgehead atoms. The summed E-state index contributed by atoms with van der Waals surface area (Å²) in [7, 11) is 0. The number of hydrogen-bond acceptors (Lipinski definition) is 1. The van der Waals surface area contributed by atoms with Crippen LogP contribution in [0.4, 0.5) is 4.39 Å². The van der Waals surface area contributed by atoms with E-state index in [2.05, 4.69) is 27.7 Å². The average molecular weight is 268 g/mol. The van der Waals surface area contributed by atoms with Crippen molar-refractivity contribution in [1.29, 1.82) is 0 Å². The maximum Gasteiger partial charge on any atom is 0.233 e. The zero-order valence-electron chi connectivity index (χ0n) is 6.73. The quantitative estimate of drug-likeness (QED) is 0.660. The highest BCUT2D eigenvalue weighted by Gasteiger charge is 2.17. The summed E-state index contributed by atoms with van der Waals surface area (Å²) >= 11 is 2.07. The molecule has 0 atom stereocenters. The molecule has 0 aliphatic carbocycles. The lowest BCUT2D eigenvalue weighted by molar-refractivity contribution is 0.335. The predicted octanol–water partition coefficient (Wildman–Crippen LogP) is 2.38. The van der Waals surface area contributed by atoms with Crippen LogP contribution >= 0.6 is 22.6 Å². The van der Waals surface area contributed by atoms with Gasteiger partial charge < -0.3 is 0 Å². The smallest absolute Gasteiger partial charge is 0.233 e. The molecular weight excluding hydrogens is 258 g/mol. The molecule has 1 heterocycles. The van der Waals surface area contributed by atoms with Crippen LogP contribution in [0.25, 0.3) is 0 Å². The fourth-order valence-corrected chi connectivity index (χ4v) is 1.89. The fourth-order valence-electron chi connectivity index (χ4n) is 0.802. The van der Waals surface area contributed by atoms with Crippen molar-refractivity contribution >= 4 is 22.6 Å². The molecule has 0 amide bonds. The van der Waals surface area contributed by atoms with E-state index in [1.807, 2.05) is 20.8 Å². The number of rotatable bonds is 0. The van der Waals surface area contributed by atoms with Crippen LogP contribution in [-0.2, 0) is 5.54 Å². The maximum absolute atomic E-state index is 12.6. The molecule has 1 aromatic heterocycles. The first-order chi connectivity index (χ1) is 4.91. The van der Waals surface area contributed by atoms with Crippen molar-refractivity contribution in [3.05, 3.63) is 15.7 Å². The first-order valence-corrected chi connectivity index (χ1v) is 4.40. The Morgan fingerprint density at radius 2 is 2.09 bits per heavy atom. The molecule has 62 valence electrons. The van der Waals surface area contributed by atoms with E-state index in [0.29, 0.717) is 0 Å². The Bertz CT molecular complexity index is 262. The zero-order chi connectivity index (χ0) is 8.65. The number of aromatic nitrogens is 2. The Balaban J connectivity index is 3.13. The van der Waals surface area contributed by atoms with E-state index in [4.69, 9.17) is 0 Å². The molecule has 0 aliphatic heterocycles. The minimum absolute atomic E-state index is 0.138. The first kappa shape index (κ1) is 8.96. The maximum atomic E-state index is 12.6. The molecule has 0 fully saturated rings. The molecule has 4 heteroatoms. The highest BCUT2D eigenvalue weighted by molar-refractivity contribution is 14.1. The molecule has 1 rings (SSSR count). The van der Waals surface area contributed by atoms with Crippen molar-refractivity contribution in [2.45, 2.75) is 26.3 Å². The van der Waals surface area contributed by atoms with Gasteiger partial charge in [-0.2, -0.15) is 4.39 Å². The van der Waals surface area contributed by atoms with Crippen molar-refractivity contribution in [3.8, 4) is 0 Å². The predicted molar refractivity (Wildman–Crippen MR) is 49.9 cm³/mol. The van der Waals surface area contributed by atoms with Gasteiger partial charge in [0.1, 0.15) is 3.70 Å². The van der Waals surface area contributed by atoms with Gasteiger partial charge in [-0.1, -0.05) is 0 Å². The number of halogens is 2. The summed E-state index contributed by atoms with van der Waals surface area (Å²) in [5.74, 6) is -0.413. The summed E-state index contributed by atoms with van der Waals surface area (Å²) in [6.45, 7) is 5.96. The second-order valence-corrected chi connectivity index (χ2v) is 4.48. The van der Waals surface area contributed by atoms with Crippen LogP contribution in [0.2, 0.25) is 0 Å². The third kappa shape index (κ3) is 1.91. The van der Waals surface area contributed by atoms with Gasteiger partial charge in [0.25, 0.3) is 0 Å². The van der Waals surface area contributed by atoms with Gasteiger partial charge in [0.15, 0.2) is 0 Å². The van der Waals surface area contributed by atoms with Crippen LogP contribution in [0.1, 0.15) is 20.8 Å². The van der Waals surface area contributed by atoms with Crippen LogP contribution in [0.3, 0.4) is 0 Å². The van der Waals surface area contributed by atoms with Gasteiger partial charge >= 0.3 is 0 Å². The molecule has 2 nitrogen and oxygen atoms in total. The molecular formula is C7H10FIN2. The summed E-state index contributed by atoms with van der Waals surface area (Å²) in [6.07, 6.45) is 0. The largest absolute Gasteiger partial charge is 0.251 e. The highest BCUT2D eigenvalue weighted by atomic mass is 127. The fraction of sp³-hybridized carbons (Fsp3) is 0.571. The van der Waals surface area contributed by atoms with Gasteiger partial charge in [0.05, 0.1) is 5.54 Å². The van der Waals surface area contributed by atoms with Gasteiger partial charge in [-0.25, -0.2) is 0 Å². The normalized spacial score (nSPS) is 12.1. The van der Waals surface area contributed by atoms with Gasteiger partial charge in [0, 0.05) is 6.07 Å². The summed E-state index contributed by atoms with van der Waals surface area (Å²) in [5.41, 5.74) is -0.138. The number of hydrogen-bond donors (Lipinski definition) is 0. The van der Waals surface area contributed by atoms with Crippen molar-refractivity contribution in [3.63, 3.8) is 0 Å². The van der Waals surface area contributed by atoms with E-state index in [1.165, 1.54) is 6.07 Å². The van der Waals surface area contributed by atoms with Gasteiger partial charge in [-0.05, 0) is 43.4 Å². The lowest BCUT2D eigenvalue weighted by Gasteiger charge is -2.19. The molecule has 0 N–H and O–H groups in total. The molecule has 0 aromatic carbocycles. The second kappa shape index (κ2) is 2.73. The third-order valence-corrected chi connectivity index (χ3v) is 2.04. The lowest BCUT2D eigenvalue weighted by Crippen LogP contribution is -2.24. The zero-order valence-corrected chi connectivity index (χ0v) is 8.89. The molecule has 0 saturated heterocycles. The Labute approximate surface area is 78.9 Å². The van der Waals surface area contributed by atoms with Crippen molar-refractivity contribution in [1.82, 2.24) is 9.78 Å². The molecule has 0 radical (unpaired) electrons. The van der Waals surface area contributed by atoms with Crippen molar-refractivity contribution in [2.75, 3.05) is 0 Å². The van der Waals surface area contributed by atoms with E-state index < -0.39 is 5.95 Å². The third-order valence-electron chi connectivity index (χ3n) is 1.27. The number of nitrogens with zero attached hydrogens (tertiary/aromatic N) is 2. The summed E-state index contributed by atoms with van der Waals surface area (Å²) in [6, 6.07) is 1.42. The molecule has 0 aliphatic rings. The van der Waals surface area contributed by atoms with E-state index in [9.17, 15) is 4.39 Å². The Kier molecular flexibility index (Phi) is 2.22. The minimum Gasteiger partial charge on any atom is -0.251 e. The summed E-state index contributed by atoms with van der Waals surface area (Å²) in [5, 5.41) is 3.72. The SMILES string of the molecule is CC(C)(C)n1nc(F)cc1I. The Morgan fingerprint density at radius 3 is 2.27 bits per heavy atom. The van der Waals surface area contributed by atoms with Gasteiger partial charge in [-0.15, -0.1) is 5.10 Å². The molecule has 0 saturated carbocycles. The van der Waals surface area contributed by atoms with Crippen LogP contribution in [0, 0.1) is 9.65 Å². The monoisotopic (exact) mass is 268 g/mol. The lowest BCUT2D eigenvalue weighted by atomic mass is 10.1. The summed E-state index contributed by atoms with van der Waals surface area (Å²) < 4.78 is 15.1. The highest BCUT2D eigenvalue weighted by Crippen LogP contribution is 2.17. The topological polar surface area (TPSA) is 17.8 Å². The average Bonchev–Trinajstić information content (AvgIpc) is 2.08. The Hall–Kier alpha value is -0.130. The van der Waals surface area contributed by atoms with Crippen molar-refractivity contribution in [2.24, 2.45) is 0 Å². The van der Waals surface area contributed by atoms with E-state index in [0.717, 1.165) is 3.70 Å². The van der Waals surface area contributed by atoms with Crippen molar-refractivity contribution < 1.29 is 4.39 Å². The second-order valence-electron chi connectivity index (χ2n) is 3.37. The van der Waals surface area contributed by atoms with Gasteiger partial charge in [-0.3, -0.25) is 4.68 Å². The van der Waals surface area contributed by atoms with E-state index in [1.54, 1.807) is 4.68 Å². The molecule has 0 spiro atoms. The molecule has 0 unspecified atom stereocenters. The van der Waals surface area contributed by atoms with E-state index in [-0.39, 0.29) is 5.54 Å².